The first-order valence-corrected chi connectivity index (χ1v) is 7.92. The number of carboxylic acid groups (broad SMARTS) is 1. The van der Waals surface area contributed by atoms with E-state index >= 15 is 0 Å². The summed E-state index contributed by atoms with van der Waals surface area (Å²) in [5, 5.41) is 13.0. The molecular weight excluding hydrogens is 347 g/mol. The fraction of sp³-hybridized carbons (Fsp3) is 0.278. The molecule has 1 unspecified atom stereocenters. The number of nitrogens with two attached hydrogens (primary N) is 1. The van der Waals surface area contributed by atoms with Gasteiger partial charge in [-0.25, -0.2) is 0 Å². The van der Waals surface area contributed by atoms with Crippen molar-refractivity contribution in [3.05, 3.63) is 64.7 Å². The number of carboxylic acids is 1. The van der Waals surface area contributed by atoms with E-state index in [4.69, 9.17) is 22.4 Å². The van der Waals surface area contributed by atoms with Gasteiger partial charge in [-0.3, -0.25) is 4.79 Å². The Morgan fingerprint density at radius 3 is 2.46 bits per heavy atom. The van der Waals surface area contributed by atoms with E-state index in [2.05, 4.69) is 12.2 Å². The van der Waals surface area contributed by atoms with E-state index in [1.54, 1.807) is 6.07 Å². The van der Waals surface area contributed by atoms with Crippen molar-refractivity contribution in [3.63, 3.8) is 0 Å². The molecule has 2 aromatic carbocycles. The monoisotopic (exact) mass is 368 g/mol. The number of benzene rings is 2. The van der Waals surface area contributed by atoms with Gasteiger partial charge in [-0.2, -0.15) is 0 Å². The predicted molar refractivity (Wildman–Crippen MR) is 101 cm³/mol. The summed E-state index contributed by atoms with van der Waals surface area (Å²) in [5.74, 6) is -1.08. The molecule has 0 aliphatic heterocycles. The second-order valence-corrected chi connectivity index (χ2v) is 5.95. The smallest absolute Gasteiger partial charge is 0.304 e. The number of rotatable bonds is 7. The highest BCUT2D eigenvalue weighted by Gasteiger charge is 2.16. The number of carbonyl (C=O) groups is 1. The summed E-state index contributed by atoms with van der Waals surface area (Å²) in [7, 11) is 0. The number of anilines is 1. The molecule has 0 heterocycles. The molecule has 0 aliphatic rings. The number of nitrogens with one attached hydrogen (secondary N) is 1. The van der Waals surface area contributed by atoms with Crippen molar-refractivity contribution in [1.82, 2.24) is 0 Å². The number of hydrogen-bond acceptors (Lipinski definition) is 3. The third kappa shape index (κ3) is 5.41. The molecule has 130 valence electrons. The molecule has 0 aliphatic carbocycles. The van der Waals surface area contributed by atoms with E-state index in [0.717, 1.165) is 16.8 Å². The molecule has 0 aromatic heterocycles. The van der Waals surface area contributed by atoms with Gasteiger partial charge < -0.3 is 16.2 Å². The van der Waals surface area contributed by atoms with Gasteiger partial charge >= 0.3 is 5.97 Å². The first-order valence-electron chi connectivity index (χ1n) is 7.54. The van der Waals surface area contributed by atoms with E-state index in [9.17, 15) is 4.79 Å². The molecule has 0 saturated heterocycles. The third-order valence-electron chi connectivity index (χ3n) is 3.84. The van der Waals surface area contributed by atoms with Crippen LogP contribution in [0.1, 0.15) is 36.4 Å². The molecule has 4 N–H and O–H groups in total. The lowest BCUT2D eigenvalue weighted by Gasteiger charge is -2.19. The highest BCUT2D eigenvalue weighted by atomic mass is 35.5. The Balaban J connectivity index is 0.00000288. The van der Waals surface area contributed by atoms with Crippen LogP contribution >= 0.6 is 24.0 Å². The largest absolute Gasteiger partial charge is 0.481 e. The highest BCUT2D eigenvalue weighted by Crippen LogP contribution is 2.30. The standard InChI is InChI=1S/C18H21ClN2O2.ClH/c1-12(13-5-3-2-4-6-13)21-17-9-14(7-8-16(17)19)15(11-20)10-18(22)23;/h2-9,12,15,21H,10-11,20H2,1H3,(H,22,23);1H/t12?,15-;/m0./s1. The van der Waals surface area contributed by atoms with Crippen molar-refractivity contribution in [1.29, 1.82) is 0 Å². The summed E-state index contributed by atoms with van der Waals surface area (Å²) >= 11 is 6.27. The molecule has 0 saturated carbocycles. The summed E-state index contributed by atoms with van der Waals surface area (Å²) < 4.78 is 0. The maximum atomic E-state index is 11.0. The minimum Gasteiger partial charge on any atom is -0.481 e. The van der Waals surface area contributed by atoms with Crippen LogP contribution < -0.4 is 11.1 Å². The molecule has 0 amide bonds. The van der Waals surface area contributed by atoms with Crippen molar-refractivity contribution >= 4 is 35.7 Å². The van der Waals surface area contributed by atoms with Gasteiger partial charge in [0.2, 0.25) is 0 Å². The Labute approximate surface area is 153 Å². The normalized spacial score (nSPS) is 12.8. The lowest BCUT2D eigenvalue weighted by atomic mass is 9.95. The lowest BCUT2D eigenvalue weighted by Crippen LogP contribution is -2.16. The molecule has 0 fully saturated rings. The van der Waals surface area contributed by atoms with E-state index < -0.39 is 5.97 Å². The van der Waals surface area contributed by atoms with Gasteiger partial charge in [0.25, 0.3) is 0 Å². The first kappa shape index (κ1) is 20.3. The van der Waals surface area contributed by atoms with Crippen LogP contribution in [0.25, 0.3) is 0 Å². The first-order chi connectivity index (χ1) is 11.0. The van der Waals surface area contributed by atoms with Gasteiger partial charge in [0, 0.05) is 12.0 Å². The van der Waals surface area contributed by atoms with Gasteiger partial charge in [0.05, 0.1) is 17.1 Å². The molecule has 4 nitrogen and oxygen atoms in total. The minimum absolute atomic E-state index is 0. The minimum atomic E-state index is -0.859. The Morgan fingerprint density at radius 1 is 1.21 bits per heavy atom. The van der Waals surface area contributed by atoms with Gasteiger partial charge in [-0.15, -0.1) is 12.4 Å². The number of halogens is 2. The molecule has 0 spiro atoms. The fourth-order valence-electron chi connectivity index (χ4n) is 2.51. The summed E-state index contributed by atoms with van der Waals surface area (Å²) in [4.78, 5) is 11.0. The van der Waals surface area contributed by atoms with Crippen molar-refractivity contribution in [2.75, 3.05) is 11.9 Å². The third-order valence-corrected chi connectivity index (χ3v) is 4.17. The molecule has 0 bridgehead atoms. The SMILES string of the molecule is CC(Nc1cc([C@H](CN)CC(=O)O)ccc1Cl)c1ccccc1.Cl. The molecule has 2 rings (SSSR count). The Hall–Kier alpha value is -1.75. The second-order valence-electron chi connectivity index (χ2n) is 5.55. The summed E-state index contributed by atoms with van der Waals surface area (Å²) in [5.41, 5.74) is 8.52. The molecule has 24 heavy (non-hydrogen) atoms. The zero-order valence-electron chi connectivity index (χ0n) is 13.4. The zero-order valence-corrected chi connectivity index (χ0v) is 15.0. The topological polar surface area (TPSA) is 75.3 Å². The van der Waals surface area contributed by atoms with Crippen LogP contribution in [-0.4, -0.2) is 17.6 Å². The fourth-order valence-corrected chi connectivity index (χ4v) is 2.69. The highest BCUT2D eigenvalue weighted by molar-refractivity contribution is 6.33. The van der Waals surface area contributed by atoms with Crippen molar-refractivity contribution in [2.24, 2.45) is 5.73 Å². The Morgan fingerprint density at radius 2 is 1.88 bits per heavy atom. The van der Waals surface area contributed by atoms with Gasteiger partial charge in [-0.1, -0.05) is 48.0 Å². The van der Waals surface area contributed by atoms with E-state index in [1.807, 2.05) is 42.5 Å². The van der Waals surface area contributed by atoms with Gasteiger partial charge in [-0.05, 0) is 36.7 Å². The molecule has 2 aromatic rings. The van der Waals surface area contributed by atoms with E-state index in [-0.39, 0.29) is 37.3 Å². The summed E-state index contributed by atoms with van der Waals surface area (Å²) in [6, 6.07) is 15.6. The van der Waals surface area contributed by atoms with Crippen LogP contribution in [0.3, 0.4) is 0 Å². The van der Waals surface area contributed by atoms with Crippen LogP contribution in [0.15, 0.2) is 48.5 Å². The average Bonchev–Trinajstić information content (AvgIpc) is 2.55. The van der Waals surface area contributed by atoms with Gasteiger partial charge in [0.15, 0.2) is 0 Å². The zero-order chi connectivity index (χ0) is 16.8. The molecule has 6 heteroatoms. The number of aliphatic carboxylic acids is 1. The van der Waals surface area contributed by atoms with Crippen molar-refractivity contribution in [2.45, 2.75) is 25.3 Å². The van der Waals surface area contributed by atoms with Crippen molar-refractivity contribution in [3.8, 4) is 0 Å². The second kappa shape index (κ2) is 9.52. The Kier molecular flexibility index (Phi) is 8.05. The van der Waals surface area contributed by atoms with Crippen LogP contribution in [-0.2, 0) is 4.79 Å². The molecule has 2 atom stereocenters. The quantitative estimate of drug-likeness (QED) is 0.674. The summed E-state index contributed by atoms with van der Waals surface area (Å²) in [6.07, 6.45) is 0.00577. The van der Waals surface area contributed by atoms with Crippen LogP contribution in [0.5, 0.6) is 0 Å². The maximum Gasteiger partial charge on any atom is 0.304 e. The summed E-state index contributed by atoms with van der Waals surface area (Å²) in [6.45, 7) is 2.33. The maximum absolute atomic E-state index is 11.0. The number of hydrogen-bond donors (Lipinski definition) is 3. The van der Waals surface area contributed by atoms with Crippen LogP contribution in [0, 0.1) is 0 Å². The Bertz CT molecular complexity index is 665. The predicted octanol–water partition coefficient (Wildman–Crippen LogP) is 4.45. The van der Waals surface area contributed by atoms with E-state index in [1.165, 1.54) is 0 Å². The molecule has 0 radical (unpaired) electrons. The average molecular weight is 369 g/mol. The van der Waals surface area contributed by atoms with Crippen molar-refractivity contribution < 1.29 is 9.90 Å². The van der Waals surface area contributed by atoms with Gasteiger partial charge in [0.1, 0.15) is 0 Å². The van der Waals surface area contributed by atoms with Crippen LogP contribution in [0.2, 0.25) is 5.02 Å². The molecular formula is C18H22Cl2N2O2. The lowest BCUT2D eigenvalue weighted by molar-refractivity contribution is -0.137. The van der Waals surface area contributed by atoms with Crippen LogP contribution in [0.4, 0.5) is 5.69 Å². The van der Waals surface area contributed by atoms with E-state index in [0.29, 0.717) is 5.02 Å².